The van der Waals surface area contributed by atoms with E-state index in [1.165, 1.54) is 5.56 Å². The molecular formula is C22H20N4O. The van der Waals surface area contributed by atoms with Crippen molar-refractivity contribution in [1.29, 1.82) is 0 Å². The Morgan fingerprint density at radius 1 is 1.15 bits per heavy atom. The van der Waals surface area contributed by atoms with Gasteiger partial charge in [-0.2, -0.15) is 0 Å². The second kappa shape index (κ2) is 7.41. The molecule has 5 nitrogen and oxygen atoms in total. The van der Waals surface area contributed by atoms with Gasteiger partial charge in [-0.15, -0.1) is 0 Å². The monoisotopic (exact) mass is 356 g/mol. The molecule has 134 valence electrons. The van der Waals surface area contributed by atoms with E-state index in [-0.39, 0.29) is 5.91 Å². The van der Waals surface area contributed by atoms with Crippen LogP contribution < -0.4 is 5.32 Å². The summed E-state index contributed by atoms with van der Waals surface area (Å²) in [6.45, 7) is 2.56. The highest BCUT2D eigenvalue weighted by molar-refractivity contribution is 5.89. The highest BCUT2D eigenvalue weighted by Gasteiger charge is 2.11. The van der Waals surface area contributed by atoms with Crippen molar-refractivity contribution in [3.05, 3.63) is 83.9 Å². The molecule has 4 rings (SSSR count). The predicted molar refractivity (Wildman–Crippen MR) is 106 cm³/mol. The minimum atomic E-state index is -0.0268. The number of benzene rings is 1. The van der Waals surface area contributed by atoms with Gasteiger partial charge >= 0.3 is 0 Å². The molecule has 0 aliphatic carbocycles. The molecule has 0 fully saturated rings. The Bertz CT molecular complexity index is 1090. The number of hydrogen-bond acceptors (Lipinski definition) is 3. The van der Waals surface area contributed by atoms with Gasteiger partial charge in [-0.1, -0.05) is 30.3 Å². The van der Waals surface area contributed by atoms with Crippen LogP contribution in [0.2, 0.25) is 0 Å². The fourth-order valence-corrected chi connectivity index (χ4v) is 3.19. The van der Waals surface area contributed by atoms with Crippen LogP contribution in [0, 0.1) is 6.92 Å². The maximum absolute atomic E-state index is 12.4. The Morgan fingerprint density at radius 3 is 2.85 bits per heavy atom. The highest BCUT2D eigenvalue weighted by Crippen LogP contribution is 2.27. The Morgan fingerprint density at radius 2 is 2.04 bits per heavy atom. The Labute approximate surface area is 157 Å². The zero-order valence-electron chi connectivity index (χ0n) is 15.1. The number of aryl methyl sites for hydroxylation is 1. The van der Waals surface area contributed by atoms with Crippen LogP contribution in [0.3, 0.4) is 0 Å². The lowest BCUT2D eigenvalue weighted by Gasteiger charge is -2.07. The molecule has 3 heterocycles. The molecule has 0 saturated heterocycles. The van der Waals surface area contributed by atoms with E-state index in [0.717, 1.165) is 33.3 Å². The summed E-state index contributed by atoms with van der Waals surface area (Å²) < 4.78 is 0. The molecule has 0 aliphatic heterocycles. The van der Waals surface area contributed by atoms with E-state index in [1.807, 2.05) is 36.7 Å². The summed E-state index contributed by atoms with van der Waals surface area (Å²) in [6.07, 6.45) is 7.51. The van der Waals surface area contributed by atoms with Gasteiger partial charge in [0.2, 0.25) is 5.91 Å². The molecule has 0 radical (unpaired) electrons. The van der Waals surface area contributed by atoms with Crippen molar-refractivity contribution in [2.75, 3.05) is 0 Å². The van der Waals surface area contributed by atoms with Crippen molar-refractivity contribution in [3.63, 3.8) is 0 Å². The van der Waals surface area contributed by atoms with E-state index >= 15 is 0 Å². The largest absolute Gasteiger partial charge is 0.352 e. The first-order valence-corrected chi connectivity index (χ1v) is 8.88. The summed E-state index contributed by atoms with van der Waals surface area (Å²) in [5.74, 6) is -0.0268. The fraction of sp³-hybridized carbons (Fsp3) is 0.136. The summed E-state index contributed by atoms with van der Waals surface area (Å²) in [6, 6.07) is 14.1. The number of carbonyl (C=O) groups is 1. The third kappa shape index (κ3) is 3.72. The predicted octanol–water partition coefficient (Wildman–Crippen LogP) is 3.79. The lowest BCUT2D eigenvalue weighted by Crippen LogP contribution is -2.24. The summed E-state index contributed by atoms with van der Waals surface area (Å²) >= 11 is 0. The normalized spacial score (nSPS) is 10.9. The number of pyridine rings is 2. The number of H-pyrrole nitrogens is 1. The maximum Gasteiger partial charge on any atom is 0.224 e. The molecule has 0 unspecified atom stereocenters. The van der Waals surface area contributed by atoms with Crippen LogP contribution in [0.25, 0.3) is 22.2 Å². The first-order chi connectivity index (χ1) is 13.2. The van der Waals surface area contributed by atoms with Crippen molar-refractivity contribution >= 4 is 16.9 Å². The molecule has 1 amide bonds. The van der Waals surface area contributed by atoms with E-state index in [0.29, 0.717) is 13.0 Å². The van der Waals surface area contributed by atoms with Gasteiger partial charge in [0.15, 0.2) is 0 Å². The van der Waals surface area contributed by atoms with Gasteiger partial charge < -0.3 is 10.3 Å². The molecule has 0 spiro atoms. The third-order valence-corrected chi connectivity index (χ3v) is 4.64. The van der Waals surface area contributed by atoms with E-state index in [2.05, 4.69) is 45.4 Å². The van der Waals surface area contributed by atoms with Crippen LogP contribution in [0.5, 0.6) is 0 Å². The Hall–Kier alpha value is -3.47. The van der Waals surface area contributed by atoms with Crippen molar-refractivity contribution < 1.29 is 4.79 Å². The molecule has 5 heteroatoms. The van der Waals surface area contributed by atoms with Gasteiger partial charge in [-0.3, -0.25) is 9.78 Å². The topological polar surface area (TPSA) is 70.7 Å². The van der Waals surface area contributed by atoms with Gasteiger partial charge in [0.25, 0.3) is 0 Å². The molecule has 1 aromatic carbocycles. The summed E-state index contributed by atoms with van der Waals surface area (Å²) in [4.78, 5) is 24.1. The van der Waals surface area contributed by atoms with E-state index in [1.54, 1.807) is 12.4 Å². The molecule has 27 heavy (non-hydrogen) atoms. The molecule has 0 atom stereocenters. The van der Waals surface area contributed by atoms with Crippen molar-refractivity contribution in [1.82, 2.24) is 20.3 Å². The standard InChI is InChI=1S/C22H20N4O/c1-15-5-2-3-7-19(15)17-9-20-18(14-26-22(20)25-13-17)10-21(27)24-12-16-6-4-8-23-11-16/h2-9,11,13-14H,10,12H2,1H3,(H,24,27)(H,25,26). The van der Waals surface area contributed by atoms with Gasteiger partial charge in [0.1, 0.15) is 5.65 Å². The molecule has 4 aromatic rings. The number of nitrogens with zero attached hydrogens (tertiary/aromatic N) is 2. The summed E-state index contributed by atoms with van der Waals surface area (Å²) in [7, 11) is 0. The van der Waals surface area contributed by atoms with Gasteiger partial charge in [-0.05, 0) is 41.3 Å². The highest BCUT2D eigenvalue weighted by atomic mass is 16.1. The van der Waals surface area contributed by atoms with Gasteiger partial charge in [0, 0.05) is 42.3 Å². The second-order valence-electron chi connectivity index (χ2n) is 6.56. The molecule has 0 saturated carbocycles. The number of fused-ring (bicyclic) bond motifs is 1. The molecule has 0 aliphatic rings. The smallest absolute Gasteiger partial charge is 0.224 e. The zero-order chi connectivity index (χ0) is 18.6. The van der Waals surface area contributed by atoms with E-state index in [4.69, 9.17) is 0 Å². The minimum absolute atomic E-state index is 0.0268. The first-order valence-electron chi connectivity index (χ1n) is 8.88. The average Bonchev–Trinajstić information content (AvgIpc) is 3.09. The number of aromatic nitrogens is 3. The maximum atomic E-state index is 12.4. The molecular weight excluding hydrogens is 336 g/mol. The number of hydrogen-bond donors (Lipinski definition) is 2. The van der Waals surface area contributed by atoms with Crippen molar-refractivity contribution in [2.24, 2.45) is 0 Å². The molecule has 2 N–H and O–H groups in total. The lowest BCUT2D eigenvalue weighted by molar-refractivity contribution is -0.120. The van der Waals surface area contributed by atoms with Crippen LogP contribution >= 0.6 is 0 Å². The van der Waals surface area contributed by atoms with E-state index < -0.39 is 0 Å². The number of rotatable bonds is 5. The molecule has 3 aromatic heterocycles. The Kier molecular flexibility index (Phi) is 4.66. The molecule has 0 bridgehead atoms. The van der Waals surface area contributed by atoms with Crippen molar-refractivity contribution in [2.45, 2.75) is 19.9 Å². The van der Waals surface area contributed by atoms with Crippen LogP contribution in [0.1, 0.15) is 16.7 Å². The summed E-state index contributed by atoms with van der Waals surface area (Å²) in [5, 5.41) is 3.92. The second-order valence-corrected chi connectivity index (χ2v) is 6.56. The lowest BCUT2D eigenvalue weighted by atomic mass is 10.0. The van der Waals surface area contributed by atoms with Crippen LogP contribution in [-0.2, 0) is 17.8 Å². The average molecular weight is 356 g/mol. The number of nitrogens with one attached hydrogen (secondary N) is 2. The quantitative estimate of drug-likeness (QED) is 0.571. The van der Waals surface area contributed by atoms with Crippen LogP contribution in [0.4, 0.5) is 0 Å². The van der Waals surface area contributed by atoms with Gasteiger partial charge in [-0.25, -0.2) is 4.98 Å². The number of amides is 1. The zero-order valence-corrected chi connectivity index (χ0v) is 15.1. The number of carbonyl (C=O) groups excluding carboxylic acids is 1. The first kappa shape index (κ1) is 17.0. The fourth-order valence-electron chi connectivity index (χ4n) is 3.19. The van der Waals surface area contributed by atoms with Crippen LogP contribution in [0.15, 0.2) is 67.3 Å². The third-order valence-electron chi connectivity index (χ3n) is 4.64. The SMILES string of the molecule is Cc1ccccc1-c1cnc2[nH]cc(CC(=O)NCc3cccnc3)c2c1. The van der Waals surface area contributed by atoms with E-state index in [9.17, 15) is 4.79 Å². The minimum Gasteiger partial charge on any atom is -0.352 e. The van der Waals surface area contributed by atoms with Gasteiger partial charge in [0.05, 0.1) is 6.42 Å². The van der Waals surface area contributed by atoms with Crippen LogP contribution in [-0.4, -0.2) is 20.9 Å². The number of aromatic amines is 1. The Balaban J connectivity index is 1.54. The van der Waals surface area contributed by atoms with Crippen molar-refractivity contribution in [3.8, 4) is 11.1 Å². The summed E-state index contributed by atoms with van der Waals surface area (Å²) in [5.41, 5.74) is 6.12.